The highest BCUT2D eigenvalue weighted by Crippen LogP contribution is 2.47. The van der Waals surface area contributed by atoms with Crippen molar-refractivity contribution in [3.63, 3.8) is 0 Å². The third-order valence-corrected chi connectivity index (χ3v) is 5.36. The molecule has 2 nitrogen and oxygen atoms in total. The van der Waals surface area contributed by atoms with Crippen LogP contribution in [0.15, 0.2) is 33.2 Å². The molecule has 1 fully saturated rings. The monoisotopic (exact) mass is 282 g/mol. The summed E-state index contributed by atoms with van der Waals surface area (Å²) in [5, 5.41) is 5.85. The van der Waals surface area contributed by atoms with Gasteiger partial charge in [-0.1, -0.05) is 6.08 Å². The number of halogens is 1. The van der Waals surface area contributed by atoms with Crippen molar-refractivity contribution in [2.75, 3.05) is 19.6 Å². The van der Waals surface area contributed by atoms with Gasteiger partial charge in [-0.15, -0.1) is 24.2 Å². The molecule has 4 rings (SSSR count). The van der Waals surface area contributed by atoms with Crippen LogP contribution in [0.4, 0.5) is 0 Å². The maximum absolute atomic E-state index is 3.55. The first-order valence-corrected chi connectivity index (χ1v) is 7.57. The number of rotatable bonds is 0. The van der Waals surface area contributed by atoms with E-state index in [9.17, 15) is 0 Å². The quantitative estimate of drug-likeness (QED) is 0.735. The van der Waals surface area contributed by atoms with Crippen LogP contribution in [0.25, 0.3) is 0 Å². The van der Waals surface area contributed by atoms with Crippen LogP contribution in [0.1, 0.15) is 25.7 Å². The number of nitrogens with one attached hydrogen (secondary N) is 1. The maximum Gasteiger partial charge on any atom is 0.0537 e. The molecule has 4 aliphatic rings. The smallest absolute Gasteiger partial charge is 0.0537 e. The summed E-state index contributed by atoms with van der Waals surface area (Å²) in [7, 11) is 0. The normalized spacial score (nSPS) is 29.8. The first kappa shape index (κ1) is 12.6. The van der Waals surface area contributed by atoms with Crippen molar-refractivity contribution < 1.29 is 0 Å². The summed E-state index contributed by atoms with van der Waals surface area (Å²) in [6.07, 6.45) is 7.57. The van der Waals surface area contributed by atoms with E-state index in [2.05, 4.69) is 21.7 Å². The standard InChI is InChI=1S/C14H18N2S.ClH/c1-3-10-11-9-15-6-5-12(11)16-7-2-8-17-13(4-1)14(10)16;/h2,8,12,15H,1,3-7,9H2;1H. The second-order valence-corrected chi connectivity index (χ2v) is 6.25. The van der Waals surface area contributed by atoms with Crippen molar-refractivity contribution in [2.24, 2.45) is 0 Å². The van der Waals surface area contributed by atoms with Gasteiger partial charge in [0.2, 0.25) is 0 Å². The fourth-order valence-corrected chi connectivity index (χ4v) is 4.62. The van der Waals surface area contributed by atoms with Crippen LogP contribution in [0, 0.1) is 0 Å². The molecule has 0 spiro atoms. The van der Waals surface area contributed by atoms with Crippen LogP contribution in [0.3, 0.4) is 0 Å². The maximum atomic E-state index is 3.55. The Labute approximate surface area is 119 Å². The number of nitrogens with zero attached hydrogens (tertiary/aromatic N) is 1. The van der Waals surface area contributed by atoms with Gasteiger partial charge in [0, 0.05) is 18.0 Å². The molecule has 0 aromatic heterocycles. The number of fused-ring (bicyclic) bond motifs is 2. The summed E-state index contributed by atoms with van der Waals surface area (Å²) >= 11 is 1.96. The van der Waals surface area contributed by atoms with E-state index in [1.165, 1.54) is 32.2 Å². The van der Waals surface area contributed by atoms with Crippen LogP contribution in [0.5, 0.6) is 0 Å². The van der Waals surface area contributed by atoms with Gasteiger partial charge in [0.05, 0.1) is 11.7 Å². The van der Waals surface area contributed by atoms with E-state index in [1.54, 1.807) is 21.7 Å². The lowest BCUT2D eigenvalue weighted by Gasteiger charge is -2.32. The highest BCUT2D eigenvalue weighted by Gasteiger charge is 2.39. The third kappa shape index (κ3) is 1.75. The zero-order valence-corrected chi connectivity index (χ0v) is 12.1. The molecule has 0 aromatic rings. The van der Waals surface area contributed by atoms with Crippen molar-refractivity contribution in [3.05, 3.63) is 33.2 Å². The zero-order valence-electron chi connectivity index (χ0n) is 10.4. The molecule has 3 aliphatic heterocycles. The first-order valence-electron chi connectivity index (χ1n) is 6.69. The fraction of sp³-hybridized carbons (Fsp3) is 0.571. The van der Waals surface area contributed by atoms with Gasteiger partial charge >= 0.3 is 0 Å². The molecule has 3 heterocycles. The van der Waals surface area contributed by atoms with Gasteiger partial charge in [-0.25, -0.2) is 0 Å². The van der Waals surface area contributed by atoms with E-state index >= 15 is 0 Å². The molecule has 0 aromatic carbocycles. The Hall–Kier alpha value is -0.380. The first-order chi connectivity index (χ1) is 8.45. The molecule has 1 atom stereocenters. The molecule has 0 radical (unpaired) electrons. The zero-order chi connectivity index (χ0) is 11.2. The summed E-state index contributed by atoms with van der Waals surface area (Å²) in [4.78, 5) is 4.30. The van der Waals surface area contributed by atoms with Gasteiger partial charge in [0.1, 0.15) is 0 Å². The topological polar surface area (TPSA) is 15.3 Å². The fourth-order valence-electron chi connectivity index (χ4n) is 3.66. The molecule has 4 heteroatoms. The Morgan fingerprint density at radius 3 is 3.22 bits per heavy atom. The summed E-state index contributed by atoms with van der Waals surface area (Å²) in [6.45, 7) is 3.42. The van der Waals surface area contributed by atoms with E-state index < -0.39 is 0 Å². The summed E-state index contributed by atoms with van der Waals surface area (Å²) in [6, 6.07) is 0.706. The predicted octanol–water partition coefficient (Wildman–Crippen LogP) is 3.04. The number of hydrogen-bond donors (Lipinski definition) is 1. The number of thioether (sulfide) groups is 1. The Bertz CT molecular complexity index is 453. The van der Waals surface area contributed by atoms with Gasteiger partial charge in [0.15, 0.2) is 0 Å². The Morgan fingerprint density at radius 1 is 1.33 bits per heavy atom. The molecule has 1 N–H and O–H groups in total. The number of hydrogen-bond acceptors (Lipinski definition) is 3. The molecular weight excluding hydrogens is 264 g/mol. The van der Waals surface area contributed by atoms with Crippen LogP contribution in [-0.2, 0) is 0 Å². The predicted molar refractivity (Wildman–Crippen MR) is 79.9 cm³/mol. The van der Waals surface area contributed by atoms with Crippen molar-refractivity contribution in [3.8, 4) is 0 Å². The van der Waals surface area contributed by atoms with Crippen LogP contribution in [-0.4, -0.2) is 30.6 Å². The minimum absolute atomic E-state index is 0. The average Bonchev–Trinajstić information content (AvgIpc) is 2.56. The molecule has 98 valence electrons. The summed E-state index contributed by atoms with van der Waals surface area (Å²) in [5.74, 6) is 0. The van der Waals surface area contributed by atoms with Gasteiger partial charge in [-0.3, -0.25) is 0 Å². The van der Waals surface area contributed by atoms with Crippen molar-refractivity contribution >= 4 is 24.2 Å². The van der Waals surface area contributed by atoms with Crippen molar-refractivity contribution in [1.82, 2.24) is 10.2 Å². The average molecular weight is 283 g/mol. The minimum Gasteiger partial charge on any atom is -0.360 e. The van der Waals surface area contributed by atoms with Crippen molar-refractivity contribution in [1.29, 1.82) is 0 Å². The third-order valence-electron chi connectivity index (χ3n) is 4.35. The van der Waals surface area contributed by atoms with Gasteiger partial charge in [-0.2, -0.15) is 0 Å². The minimum atomic E-state index is 0. The van der Waals surface area contributed by atoms with Crippen LogP contribution < -0.4 is 5.32 Å². The van der Waals surface area contributed by atoms with Gasteiger partial charge < -0.3 is 10.2 Å². The van der Waals surface area contributed by atoms with Gasteiger partial charge in [-0.05, 0) is 48.8 Å². The Morgan fingerprint density at radius 2 is 2.28 bits per heavy atom. The number of piperidine rings is 1. The van der Waals surface area contributed by atoms with Crippen LogP contribution >= 0.6 is 24.2 Å². The molecule has 1 saturated heterocycles. The van der Waals surface area contributed by atoms with E-state index in [4.69, 9.17) is 0 Å². The summed E-state index contributed by atoms with van der Waals surface area (Å²) in [5.41, 5.74) is 5.02. The second-order valence-electron chi connectivity index (χ2n) is 5.25. The summed E-state index contributed by atoms with van der Waals surface area (Å²) < 4.78 is 0. The van der Waals surface area contributed by atoms with Crippen LogP contribution in [0.2, 0.25) is 0 Å². The van der Waals surface area contributed by atoms with E-state index in [1.807, 2.05) is 11.8 Å². The molecule has 1 aliphatic carbocycles. The second kappa shape index (κ2) is 4.95. The lowest BCUT2D eigenvalue weighted by molar-refractivity contribution is 0.299. The van der Waals surface area contributed by atoms with E-state index in [0.29, 0.717) is 6.04 Å². The SMILES string of the molecule is C1=CSC2=C3C(=C4CNCCC4N3C1)CCC2.Cl. The molecule has 0 bridgehead atoms. The molecule has 18 heavy (non-hydrogen) atoms. The highest BCUT2D eigenvalue weighted by atomic mass is 35.5. The Balaban J connectivity index is 0.000001000. The van der Waals surface area contributed by atoms with Crippen molar-refractivity contribution in [2.45, 2.75) is 31.7 Å². The largest absolute Gasteiger partial charge is 0.360 e. The Kier molecular flexibility index (Phi) is 3.48. The van der Waals surface area contributed by atoms with E-state index in [0.717, 1.165) is 13.1 Å². The molecule has 0 saturated carbocycles. The lowest BCUT2D eigenvalue weighted by atomic mass is 9.93. The highest BCUT2D eigenvalue weighted by molar-refractivity contribution is 8.05. The van der Waals surface area contributed by atoms with Gasteiger partial charge in [0.25, 0.3) is 0 Å². The number of allylic oxidation sites excluding steroid dienone is 2. The molecular formula is C14H19ClN2S. The lowest BCUT2D eigenvalue weighted by Crippen LogP contribution is -2.40. The van der Waals surface area contributed by atoms with E-state index in [-0.39, 0.29) is 12.4 Å². The molecule has 1 unspecified atom stereocenters. The molecule has 0 amide bonds.